The fourth-order valence-corrected chi connectivity index (χ4v) is 7.34. The van der Waals surface area contributed by atoms with E-state index in [9.17, 15) is 0 Å². The van der Waals surface area contributed by atoms with Crippen LogP contribution in [-0.2, 0) is 66.7 Å². The number of aryl methyl sites for hydroxylation is 1. The predicted molar refractivity (Wildman–Crippen MR) is 172 cm³/mol. The topological polar surface area (TPSA) is 73.8 Å². The molecule has 1 aromatic carbocycles. The number of hydrogen-bond acceptors (Lipinski definition) is 8. The van der Waals surface area contributed by atoms with Gasteiger partial charge in [-0.1, -0.05) is 65.7 Å². The normalized spacial score (nSPS) is 12.1. The maximum atomic E-state index is 5.83. The fourth-order valence-electron chi connectivity index (χ4n) is 4.65. The maximum Gasteiger partial charge on any atom is 0.500 e. The summed E-state index contributed by atoms with van der Waals surface area (Å²) in [6, 6.07) is 5.08. The average Bonchev–Trinajstić information content (AvgIpc) is 3.44. The molecule has 0 spiro atoms. The van der Waals surface area contributed by atoms with Gasteiger partial charge < -0.3 is 37.0 Å². The smallest absolute Gasteiger partial charge is 0.454 e. The van der Waals surface area contributed by atoms with Gasteiger partial charge in [-0.25, -0.2) is 0 Å². The van der Waals surface area contributed by atoms with E-state index in [4.69, 9.17) is 37.0 Å². The number of unbranched alkanes of at least 4 members (excludes halogenated alkanes) is 6. The SMILES string of the molecule is CCCCCCCC[Si](OCC)(OCC)OCC.CCCCOCCOCCOCc1cc2c(cc1CCC)OCO2.[Zr]. The molecule has 0 saturated heterocycles. The van der Waals surface area contributed by atoms with Crippen molar-refractivity contribution in [1.82, 2.24) is 0 Å². The molecule has 1 heterocycles. The molecule has 0 saturated carbocycles. The Morgan fingerprint density at radius 2 is 1.09 bits per heavy atom. The summed E-state index contributed by atoms with van der Waals surface area (Å²) in [5.41, 5.74) is 2.44. The van der Waals surface area contributed by atoms with Gasteiger partial charge in [0, 0.05) is 58.7 Å². The fraction of sp³-hybridized carbons (Fsp3) is 0.818. The molecule has 1 aromatic rings. The molecule has 0 fully saturated rings. The van der Waals surface area contributed by atoms with Crippen LogP contribution in [0.3, 0.4) is 0 Å². The van der Waals surface area contributed by atoms with Gasteiger partial charge in [-0.15, -0.1) is 0 Å². The first kappa shape index (κ1) is 42.7. The second-order valence-electron chi connectivity index (χ2n) is 10.4. The van der Waals surface area contributed by atoms with Crippen molar-refractivity contribution < 1.29 is 63.2 Å². The zero-order chi connectivity index (χ0) is 30.7. The molecule has 0 unspecified atom stereocenters. The van der Waals surface area contributed by atoms with Crippen LogP contribution in [0, 0.1) is 0 Å². The van der Waals surface area contributed by atoms with Crippen molar-refractivity contribution in [3.8, 4) is 11.5 Å². The van der Waals surface area contributed by atoms with Crippen molar-refractivity contribution >= 4 is 8.80 Å². The summed E-state index contributed by atoms with van der Waals surface area (Å²) >= 11 is 0. The molecule has 43 heavy (non-hydrogen) atoms. The van der Waals surface area contributed by atoms with E-state index in [2.05, 4.69) is 26.8 Å². The third kappa shape index (κ3) is 19.7. The Morgan fingerprint density at radius 1 is 0.581 bits per heavy atom. The van der Waals surface area contributed by atoms with Gasteiger partial charge in [0.05, 0.1) is 33.0 Å². The maximum absolute atomic E-state index is 5.83. The van der Waals surface area contributed by atoms with Gasteiger partial charge in [0.2, 0.25) is 6.79 Å². The Labute approximate surface area is 283 Å². The van der Waals surface area contributed by atoms with Crippen molar-refractivity contribution in [2.24, 2.45) is 0 Å². The molecular formula is C33H62O8SiZr. The molecule has 0 bridgehead atoms. The Kier molecular flexibility index (Phi) is 28.9. The van der Waals surface area contributed by atoms with Crippen LogP contribution in [0.1, 0.15) is 110 Å². The van der Waals surface area contributed by atoms with Gasteiger partial charge in [0.1, 0.15) is 0 Å². The molecule has 1 aliphatic heterocycles. The van der Waals surface area contributed by atoms with Crippen LogP contribution >= 0.6 is 0 Å². The van der Waals surface area contributed by atoms with Crippen LogP contribution in [0.5, 0.6) is 11.5 Å². The summed E-state index contributed by atoms with van der Waals surface area (Å²) in [5.74, 6) is 1.66. The Balaban J connectivity index is 0.000000838. The number of ether oxygens (including phenoxy) is 5. The van der Waals surface area contributed by atoms with Gasteiger partial charge in [0.25, 0.3) is 0 Å². The van der Waals surface area contributed by atoms with E-state index in [-0.39, 0.29) is 26.2 Å². The standard InChI is InChI=1S/C19H30O5.C14H32O3Si.Zr/c1-3-5-7-20-8-9-21-10-11-22-14-17-13-19-18(23-15-24-19)12-16(17)6-4-2;1-5-9-10-11-12-13-14-18(15-6-2,16-7-3)17-8-4;/h12-13H,3-11,14-15H2,1-2H3;5-14H2,1-4H3;. The number of rotatable bonds is 26. The molecule has 0 N–H and O–H groups in total. The molecule has 0 radical (unpaired) electrons. The quantitative estimate of drug-likeness (QED) is 0.0708. The minimum absolute atomic E-state index is 0. The minimum atomic E-state index is -2.36. The summed E-state index contributed by atoms with van der Waals surface area (Å²) in [7, 11) is -2.36. The first-order valence-electron chi connectivity index (χ1n) is 16.7. The summed E-state index contributed by atoms with van der Waals surface area (Å²) in [4.78, 5) is 0. The monoisotopic (exact) mass is 704 g/mol. The van der Waals surface area contributed by atoms with Crippen LogP contribution in [0.15, 0.2) is 12.1 Å². The zero-order valence-corrected chi connectivity index (χ0v) is 31.7. The first-order chi connectivity index (χ1) is 20.6. The largest absolute Gasteiger partial charge is 0.500 e. The molecule has 2 rings (SSSR count). The van der Waals surface area contributed by atoms with Crippen LogP contribution < -0.4 is 9.47 Å². The van der Waals surface area contributed by atoms with E-state index >= 15 is 0 Å². The second kappa shape index (κ2) is 29.1. The minimum Gasteiger partial charge on any atom is -0.454 e. The third-order valence-corrected chi connectivity index (χ3v) is 9.94. The molecule has 250 valence electrons. The summed E-state index contributed by atoms with van der Waals surface area (Å²) in [6.45, 7) is 18.8. The Morgan fingerprint density at radius 3 is 1.65 bits per heavy atom. The van der Waals surface area contributed by atoms with Gasteiger partial charge in [-0.2, -0.15) is 0 Å². The van der Waals surface area contributed by atoms with Crippen LogP contribution in [0.2, 0.25) is 6.04 Å². The summed E-state index contributed by atoms with van der Waals surface area (Å²) < 4.78 is 45.1. The Hall–Kier alpha value is -0.320. The summed E-state index contributed by atoms with van der Waals surface area (Å²) in [5, 5.41) is 0. The number of fused-ring (bicyclic) bond motifs is 1. The van der Waals surface area contributed by atoms with Crippen LogP contribution in [-0.4, -0.2) is 68.5 Å². The van der Waals surface area contributed by atoms with Gasteiger partial charge >= 0.3 is 8.80 Å². The molecule has 0 amide bonds. The van der Waals surface area contributed by atoms with Crippen molar-refractivity contribution in [2.75, 3.05) is 59.6 Å². The van der Waals surface area contributed by atoms with Crippen molar-refractivity contribution in [1.29, 1.82) is 0 Å². The van der Waals surface area contributed by atoms with Crippen molar-refractivity contribution in [3.05, 3.63) is 23.3 Å². The van der Waals surface area contributed by atoms with Crippen LogP contribution in [0.25, 0.3) is 0 Å². The average molecular weight is 706 g/mol. The Bertz CT molecular complexity index is 754. The second-order valence-corrected chi connectivity index (χ2v) is 13.1. The zero-order valence-electron chi connectivity index (χ0n) is 28.3. The van der Waals surface area contributed by atoms with Gasteiger partial charge in [0.15, 0.2) is 11.5 Å². The van der Waals surface area contributed by atoms with E-state index in [1.54, 1.807) is 0 Å². The molecule has 0 aromatic heterocycles. The van der Waals surface area contributed by atoms with Crippen molar-refractivity contribution in [2.45, 2.75) is 118 Å². The van der Waals surface area contributed by atoms with E-state index in [0.717, 1.165) is 56.3 Å². The van der Waals surface area contributed by atoms with Crippen molar-refractivity contribution in [3.63, 3.8) is 0 Å². The summed E-state index contributed by atoms with van der Waals surface area (Å²) in [6.07, 6.45) is 12.1. The van der Waals surface area contributed by atoms with E-state index in [1.807, 2.05) is 26.8 Å². The number of hydrogen-bond donors (Lipinski definition) is 0. The molecule has 8 nitrogen and oxygen atoms in total. The molecule has 10 heteroatoms. The van der Waals surface area contributed by atoms with E-state index < -0.39 is 8.80 Å². The molecule has 0 aliphatic carbocycles. The van der Waals surface area contributed by atoms with Crippen LogP contribution in [0.4, 0.5) is 0 Å². The predicted octanol–water partition coefficient (Wildman–Crippen LogP) is 8.11. The van der Waals surface area contributed by atoms with Gasteiger partial charge in [-0.05, 0) is 63.3 Å². The molecule has 0 atom stereocenters. The van der Waals surface area contributed by atoms with E-state index in [0.29, 0.717) is 59.6 Å². The number of benzene rings is 1. The van der Waals surface area contributed by atoms with E-state index in [1.165, 1.54) is 43.2 Å². The molecular weight excluding hydrogens is 644 g/mol. The third-order valence-electron chi connectivity index (χ3n) is 6.79. The molecule has 1 aliphatic rings. The van der Waals surface area contributed by atoms with Gasteiger partial charge in [-0.3, -0.25) is 0 Å². The first-order valence-corrected chi connectivity index (χ1v) is 18.6.